The Morgan fingerprint density at radius 2 is 2.00 bits per heavy atom. The Balaban J connectivity index is 3.75. The molecular formula is C7H16N2O3. The molecule has 0 aromatic carbocycles. The van der Waals surface area contributed by atoms with Gasteiger partial charge in [-0.3, -0.25) is 9.63 Å². The van der Waals surface area contributed by atoms with Crippen molar-refractivity contribution < 1.29 is 14.4 Å². The van der Waals surface area contributed by atoms with Crippen LogP contribution < -0.4 is 11.6 Å². The van der Waals surface area contributed by atoms with E-state index in [2.05, 4.69) is 4.84 Å². The van der Waals surface area contributed by atoms with Gasteiger partial charge in [0.05, 0.1) is 6.42 Å². The molecule has 0 aliphatic carbocycles. The van der Waals surface area contributed by atoms with E-state index in [1.807, 2.05) is 0 Å². The Kier molecular flexibility index (Phi) is 4.16. The SMILES string of the molecule is CC(C)(C)OC(=O)CC(N)ON. The van der Waals surface area contributed by atoms with Crippen LogP contribution in [0.3, 0.4) is 0 Å². The van der Waals surface area contributed by atoms with Crippen LogP contribution in [0.15, 0.2) is 0 Å². The first-order valence-corrected chi connectivity index (χ1v) is 3.68. The van der Waals surface area contributed by atoms with Crippen LogP contribution in [-0.2, 0) is 14.4 Å². The minimum Gasteiger partial charge on any atom is -0.460 e. The second kappa shape index (κ2) is 4.39. The molecule has 0 saturated carbocycles. The fourth-order valence-corrected chi connectivity index (χ4v) is 0.596. The molecule has 0 spiro atoms. The number of hydrogen-bond donors (Lipinski definition) is 2. The number of nitrogens with two attached hydrogens (primary N) is 2. The lowest BCUT2D eigenvalue weighted by Crippen LogP contribution is -2.33. The highest BCUT2D eigenvalue weighted by Crippen LogP contribution is 2.08. The van der Waals surface area contributed by atoms with Crippen LogP contribution in [0.1, 0.15) is 27.2 Å². The van der Waals surface area contributed by atoms with Crippen LogP contribution in [0.2, 0.25) is 0 Å². The van der Waals surface area contributed by atoms with Crippen LogP contribution in [0.4, 0.5) is 0 Å². The maximum absolute atomic E-state index is 11.0. The van der Waals surface area contributed by atoms with E-state index in [9.17, 15) is 4.79 Å². The minimum atomic E-state index is -0.792. The van der Waals surface area contributed by atoms with Gasteiger partial charge in [0.25, 0.3) is 0 Å². The Morgan fingerprint density at radius 1 is 1.50 bits per heavy atom. The van der Waals surface area contributed by atoms with E-state index in [0.717, 1.165) is 0 Å². The van der Waals surface area contributed by atoms with Crippen LogP contribution in [0, 0.1) is 0 Å². The summed E-state index contributed by atoms with van der Waals surface area (Å²) in [5, 5.41) is 0. The first kappa shape index (κ1) is 11.4. The van der Waals surface area contributed by atoms with Gasteiger partial charge in [-0.15, -0.1) is 0 Å². The number of ether oxygens (including phenoxy) is 1. The summed E-state index contributed by atoms with van der Waals surface area (Å²) in [7, 11) is 0. The monoisotopic (exact) mass is 176 g/mol. The second-order valence-corrected chi connectivity index (χ2v) is 3.47. The summed E-state index contributed by atoms with van der Waals surface area (Å²) < 4.78 is 4.96. The number of hydrogen-bond acceptors (Lipinski definition) is 5. The molecular weight excluding hydrogens is 160 g/mol. The molecule has 0 bridgehead atoms. The average molecular weight is 176 g/mol. The van der Waals surface area contributed by atoms with Crippen molar-refractivity contribution in [1.82, 2.24) is 0 Å². The zero-order chi connectivity index (χ0) is 9.78. The molecule has 0 aromatic rings. The molecule has 1 atom stereocenters. The Bertz CT molecular complexity index is 153. The highest BCUT2D eigenvalue weighted by Gasteiger charge is 2.18. The second-order valence-electron chi connectivity index (χ2n) is 3.47. The molecule has 4 N–H and O–H groups in total. The molecule has 72 valence electrons. The fourth-order valence-electron chi connectivity index (χ4n) is 0.596. The van der Waals surface area contributed by atoms with Gasteiger partial charge in [0, 0.05) is 0 Å². The van der Waals surface area contributed by atoms with Crippen LogP contribution in [0.5, 0.6) is 0 Å². The molecule has 0 aliphatic rings. The molecule has 0 fully saturated rings. The fraction of sp³-hybridized carbons (Fsp3) is 0.857. The van der Waals surface area contributed by atoms with Crippen molar-refractivity contribution in [3.8, 4) is 0 Å². The van der Waals surface area contributed by atoms with Gasteiger partial charge in [0.15, 0.2) is 0 Å². The molecule has 0 amide bonds. The van der Waals surface area contributed by atoms with Gasteiger partial charge >= 0.3 is 5.97 Å². The third kappa shape index (κ3) is 6.09. The Labute approximate surface area is 72.0 Å². The summed E-state index contributed by atoms with van der Waals surface area (Å²) in [5.41, 5.74) is 4.75. The Morgan fingerprint density at radius 3 is 2.33 bits per heavy atom. The van der Waals surface area contributed by atoms with Crippen molar-refractivity contribution in [3.63, 3.8) is 0 Å². The number of carbonyl (C=O) groups excluding carboxylic acids is 1. The standard InChI is InChI=1S/C7H16N2O3/c1-7(2,3)11-6(10)4-5(8)12-9/h5H,4,8-9H2,1-3H3. The summed E-state index contributed by atoms with van der Waals surface area (Å²) in [6.45, 7) is 5.33. The highest BCUT2D eigenvalue weighted by atomic mass is 16.6. The van der Waals surface area contributed by atoms with Crippen molar-refractivity contribution in [2.24, 2.45) is 11.6 Å². The summed E-state index contributed by atoms with van der Waals surface area (Å²) >= 11 is 0. The van der Waals surface area contributed by atoms with Crippen LogP contribution >= 0.6 is 0 Å². The van der Waals surface area contributed by atoms with E-state index < -0.39 is 17.8 Å². The molecule has 5 heteroatoms. The van der Waals surface area contributed by atoms with Gasteiger partial charge in [-0.1, -0.05) is 0 Å². The van der Waals surface area contributed by atoms with Crippen molar-refractivity contribution >= 4 is 5.97 Å². The summed E-state index contributed by atoms with van der Waals surface area (Å²) in [6.07, 6.45) is -0.826. The summed E-state index contributed by atoms with van der Waals surface area (Å²) in [4.78, 5) is 15.2. The first-order valence-electron chi connectivity index (χ1n) is 3.68. The van der Waals surface area contributed by atoms with Crippen molar-refractivity contribution in [2.45, 2.75) is 39.0 Å². The predicted octanol–water partition coefficient (Wildman–Crippen LogP) is -0.107. The predicted molar refractivity (Wildman–Crippen MR) is 43.7 cm³/mol. The molecule has 0 aliphatic heterocycles. The van der Waals surface area contributed by atoms with Crippen LogP contribution in [0.25, 0.3) is 0 Å². The lowest BCUT2D eigenvalue weighted by Gasteiger charge is -2.20. The van der Waals surface area contributed by atoms with Gasteiger partial charge in [0.1, 0.15) is 11.8 Å². The molecule has 0 saturated heterocycles. The maximum atomic E-state index is 11.0. The topological polar surface area (TPSA) is 87.6 Å². The molecule has 12 heavy (non-hydrogen) atoms. The Hall–Kier alpha value is -0.650. The molecule has 1 unspecified atom stereocenters. The van der Waals surface area contributed by atoms with Crippen molar-refractivity contribution in [3.05, 3.63) is 0 Å². The minimum absolute atomic E-state index is 0.0340. The average Bonchev–Trinajstić information content (AvgIpc) is 1.82. The third-order valence-electron chi connectivity index (χ3n) is 0.963. The van der Waals surface area contributed by atoms with E-state index in [0.29, 0.717) is 0 Å². The number of rotatable bonds is 3. The normalized spacial score (nSPS) is 14.1. The summed E-state index contributed by atoms with van der Waals surface area (Å²) in [5.74, 6) is 4.34. The third-order valence-corrected chi connectivity index (χ3v) is 0.963. The van der Waals surface area contributed by atoms with Crippen molar-refractivity contribution in [1.29, 1.82) is 0 Å². The van der Waals surface area contributed by atoms with Crippen LogP contribution in [-0.4, -0.2) is 17.8 Å². The van der Waals surface area contributed by atoms with E-state index in [1.54, 1.807) is 20.8 Å². The van der Waals surface area contributed by atoms with Gasteiger partial charge in [-0.25, -0.2) is 5.90 Å². The van der Waals surface area contributed by atoms with E-state index in [4.69, 9.17) is 16.4 Å². The quantitative estimate of drug-likeness (QED) is 0.356. The van der Waals surface area contributed by atoms with E-state index in [-0.39, 0.29) is 6.42 Å². The van der Waals surface area contributed by atoms with Gasteiger partial charge < -0.3 is 10.5 Å². The number of esters is 1. The molecule has 0 rings (SSSR count). The maximum Gasteiger partial charge on any atom is 0.310 e. The zero-order valence-corrected chi connectivity index (χ0v) is 7.66. The molecule has 0 aromatic heterocycles. The lowest BCUT2D eigenvalue weighted by molar-refractivity contribution is -0.158. The van der Waals surface area contributed by atoms with Crippen molar-refractivity contribution in [2.75, 3.05) is 0 Å². The molecule has 0 radical (unpaired) electrons. The first-order chi connectivity index (χ1) is 5.35. The van der Waals surface area contributed by atoms with Gasteiger partial charge in [0.2, 0.25) is 0 Å². The smallest absolute Gasteiger partial charge is 0.310 e. The van der Waals surface area contributed by atoms with E-state index >= 15 is 0 Å². The highest BCUT2D eigenvalue weighted by molar-refractivity contribution is 5.70. The molecule has 5 nitrogen and oxygen atoms in total. The lowest BCUT2D eigenvalue weighted by atomic mass is 10.2. The van der Waals surface area contributed by atoms with Gasteiger partial charge in [-0.2, -0.15) is 0 Å². The number of carbonyl (C=O) groups is 1. The van der Waals surface area contributed by atoms with Gasteiger partial charge in [-0.05, 0) is 20.8 Å². The van der Waals surface area contributed by atoms with E-state index in [1.165, 1.54) is 0 Å². The zero-order valence-electron chi connectivity index (χ0n) is 7.66. The molecule has 0 heterocycles. The summed E-state index contributed by atoms with van der Waals surface area (Å²) in [6, 6.07) is 0. The largest absolute Gasteiger partial charge is 0.460 e.